The van der Waals surface area contributed by atoms with Crippen LogP contribution in [0.1, 0.15) is 42.0 Å². The lowest BCUT2D eigenvalue weighted by atomic mass is 10.0. The summed E-state index contributed by atoms with van der Waals surface area (Å²) in [4.78, 5) is 23.7. The van der Waals surface area contributed by atoms with Crippen molar-refractivity contribution in [2.75, 3.05) is 5.32 Å². The topological polar surface area (TPSA) is 70.6 Å². The molecule has 2 N–H and O–H groups in total. The highest BCUT2D eigenvalue weighted by molar-refractivity contribution is 6.39. The predicted octanol–water partition coefficient (Wildman–Crippen LogP) is 3.52. The molecular formula is C20H23N3O2. The second-order valence-corrected chi connectivity index (χ2v) is 6.27. The number of aryl methyl sites for hydroxylation is 2. The van der Waals surface area contributed by atoms with E-state index >= 15 is 0 Å². The van der Waals surface area contributed by atoms with Crippen molar-refractivity contribution in [2.24, 2.45) is 5.10 Å². The summed E-state index contributed by atoms with van der Waals surface area (Å²) >= 11 is 0. The average Bonchev–Trinajstić information content (AvgIpc) is 2.58. The van der Waals surface area contributed by atoms with Crippen LogP contribution in [0.4, 0.5) is 5.69 Å². The van der Waals surface area contributed by atoms with Crippen molar-refractivity contribution < 1.29 is 9.59 Å². The molecule has 0 saturated carbocycles. The average molecular weight is 337 g/mol. The molecule has 0 bridgehead atoms. The summed E-state index contributed by atoms with van der Waals surface area (Å²) in [6.07, 6.45) is 1.51. The third-order valence-corrected chi connectivity index (χ3v) is 3.95. The number of amides is 2. The van der Waals surface area contributed by atoms with Gasteiger partial charge in [-0.15, -0.1) is 0 Å². The van der Waals surface area contributed by atoms with E-state index in [0.717, 1.165) is 16.7 Å². The van der Waals surface area contributed by atoms with Crippen LogP contribution in [0.15, 0.2) is 47.6 Å². The predicted molar refractivity (Wildman–Crippen MR) is 101 cm³/mol. The molecule has 5 nitrogen and oxygen atoms in total. The Hall–Kier alpha value is -2.95. The summed E-state index contributed by atoms with van der Waals surface area (Å²) < 4.78 is 0. The first-order chi connectivity index (χ1) is 11.9. The van der Waals surface area contributed by atoms with Gasteiger partial charge in [-0.1, -0.05) is 44.2 Å². The Morgan fingerprint density at radius 2 is 1.64 bits per heavy atom. The molecule has 2 aromatic rings. The van der Waals surface area contributed by atoms with Gasteiger partial charge >= 0.3 is 11.8 Å². The van der Waals surface area contributed by atoms with Crippen molar-refractivity contribution in [1.29, 1.82) is 0 Å². The number of nitrogens with zero attached hydrogens (tertiary/aromatic N) is 1. The molecular weight excluding hydrogens is 314 g/mol. The third kappa shape index (κ3) is 5.28. The van der Waals surface area contributed by atoms with Gasteiger partial charge in [-0.05, 0) is 54.2 Å². The van der Waals surface area contributed by atoms with E-state index in [1.165, 1.54) is 11.8 Å². The van der Waals surface area contributed by atoms with Crippen LogP contribution in [0.3, 0.4) is 0 Å². The van der Waals surface area contributed by atoms with E-state index in [0.29, 0.717) is 11.6 Å². The minimum Gasteiger partial charge on any atom is -0.318 e. The summed E-state index contributed by atoms with van der Waals surface area (Å²) in [5.74, 6) is -1.11. The van der Waals surface area contributed by atoms with E-state index in [4.69, 9.17) is 0 Å². The van der Waals surface area contributed by atoms with Gasteiger partial charge < -0.3 is 5.32 Å². The summed E-state index contributed by atoms with van der Waals surface area (Å²) in [7, 11) is 0. The first kappa shape index (κ1) is 18.4. The molecule has 5 heteroatoms. The highest BCUT2D eigenvalue weighted by Gasteiger charge is 2.13. The molecule has 0 unspecified atom stereocenters. The minimum absolute atomic E-state index is 0.458. The summed E-state index contributed by atoms with van der Waals surface area (Å²) in [5, 5.41) is 6.38. The first-order valence-corrected chi connectivity index (χ1v) is 8.18. The number of hydrogen-bond donors (Lipinski definition) is 2. The maximum absolute atomic E-state index is 11.9. The molecule has 0 aliphatic heterocycles. The van der Waals surface area contributed by atoms with Crippen LogP contribution >= 0.6 is 0 Å². The van der Waals surface area contributed by atoms with Gasteiger partial charge in [0, 0.05) is 5.69 Å². The molecule has 2 amide bonds. The maximum Gasteiger partial charge on any atom is 0.329 e. The monoisotopic (exact) mass is 337 g/mol. The molecule has 0 aliphatic carbocycles. The first-order valence-electron chi connectivity index (χ1n) is 8.18. The van der Waals surface area contributed by atoms with Gasteiger partial charge in [0.1, 0.15) is 0 Å². The lowest BCUT2D eigenvalue weighted by molar-refractivity contribution is -0.136. The van der Waals surface area contributed by atoms with Crippen molar-refractivity contribution in [3.63, 3.8) is 0 Å². The molecule has 0 heterocycles. The van der Waals surface area contributed by atoms with E-state index in [2.05, 4.69) is 29.7 Å². The summed E-state index contributed by atoms with van der Waals surface area (Å²) in [5.41, 5.74) is 7.05. The molecule has 2 aromatic carbocycles. The van der Waals surface area contributed by atoms with Crippen molar-refractivity contribution in [3.8, 4) is 0 Å². The van der Waals surface area contributed by atoms with E-state index in [1.54, 1.807) is 6.07 Å². The minimum atomic E-state index is -0.812. The van der Waals surface area contributed by atoms with E-state index < -0.39 is 11.8 Å². The Kier molecular flexibility index (Phi) is 6.06. The standard InChI is InChI=1S/C20H23N3O2/c1-13(2)17-8-6-16(7-9-17)12-21-23-20(25)19(24)22-18-10-5-14(3)15(4)11-18/h5-13H,1-4H3,(H,22,24)(H,23,25)/b21-12-. The molecule has 0 saturated heterocycles. The van der Waals surface area contributed by atoms with Crippen LogP contribution in [0, 0.1) is 13.8 Å². The fraction of sp³-hybridized carbons (Fsp3) is 0.250. The van der Waals surface area contributed by atoms with Crippen LogP contribution < -0.4 is 10.7 Å². The van der Waals surface area contributed by atoms with Crippen LogP contribution in [-0.2, 0) is 9.59 Å². The lowest BCUT2D eigenvalue weighted by Gasteiger charge is -2.06. The number of benzene rings is 2. The number of anilines is 1. The number of rotatable bonds is 4. The van der Waals surface area contributed by atoms with Crippen LogP contribution in [0.25, 0.3) is 0 Å². The van der Waals surface area contributed by atoms with E-state index in [-0.39, 0.29) is 0 Å². The Morgan fingerprint density at radius 3 is 2.24 bits per heavy atom. The fourth-order valence-corrected chi connectivity index (χ4v) is 2.19. The summed E-state index contributed by atoms with van der Waals surface area (Å²) in [6, 6.07) is 13.3. The molecule has 0 atom stereocenters. The molecule has 0 aromatic heterocycles. The normalized spacial score (nSPS) is 10.9. The summed E-state index contributed by atoms with van der Waals surface area (Å²) in [6.45, 7) is 8.17. The maximum atomic E-state index is 11.9. The second kappa shape index (κ2) is 8.24. The smallest absolute Gasteiger partial charge is 0.318 e. The molecule has 0 spiro atoms. The van der Waals surface area contributed by atoms with Crippen molar-refractivity contribution in [3.05, 3.63) is 64.7 Å². The van der Waals surface area contributed by atoms with Gasteiger partial charge in [0.15, 0.2) is 0 Å². The zero-order valence-corrected chi connectivity index (χ0v) is 15.0. The molecule has 0 fully saturated rings. The van der Waals surface area contributed by atoms with Gasteiger partial charge in [-0.3, -0.25) is 9.59 Å². The van der Waals surface area contributed by atoms with Crippen LogP contribution in [-0.4, -0.2) is 18.0 Å². The van der Waals surface area contributed by atoms with Crippen LogP contribution in [0.5, 0.6) is 0 Å². The van der Waals surface area contributed by atoms with Gasteiger partial charge in [0.25, 0.3) is 0 Å². The molecule has 2 rings (SSSR count). The number of hydrogen-bond acceptors (Lipinski definition) is 3. The Morgan fingerprint density at radius 1 is 0.960 bits per heavy atom. The van der Waals surface area contributed by atoms with Gasteiger partial charge in [-0.2, -0.15) is 5.10 Å². The van der Waals surface area contributed by atoms with Crippen molar-refractivity contribution in [1.82, 2.24) is 5.43 Å². The lowest BCUT2D eigenvalue weighted by Crippen LogP contribution is -2.32. The van der Waals surface area contributed by atoms with Crippen LogP contribution in [0.2, 0.25) is 0 Å². The quantitative estimate of drug-likeness (QED) is 0.509. The number of hydrazone groups is 1. The van der Waals surface area contributed by atoms with E-state index in [9.17, 15) is 9.59 Å². The fourth-order valence-electron chi connectivity index (χ4n) is 2.19. The third-order valence-electron chi connectivity index (χ3n) is 3.95. The zero-order valence-electron chi connectivity index (χ0n) is 15.0. The Bertz CT molecular complexity index is 793. The van der Waals surface area contributed by atoms with E-state index in [1.807, 2.05) is 50.2 Å². The highest BCUT2D eigenvalue weighted by Crippen LogP contribution is 2.14. The number of nitrogens with one attached hydrogen (secondary N) is 2. The SMILES string of the molecule is Cc1ccc(NC(=O)C(=O)N/N=C\c2ccc(C(C)C)cc2)cc1C. The number of carbonyl (C=O) groups is 2. The highest BCUT2D eigenvalue weighted by atomic mass is 16.2. The van der Waals surface area contributed by atoms with Gasteiger partial charge in [-0.25, -0.2) is 5.43 Å². The van der Waals surface area contributed by atoms with Crippen molar-refractivity contribution >= 4 is 23.7 Å². The Balaban J connectivity index is 1.90. The largest absolute Gasteiger partial charge is 0.329 e. The Labute approximate surface area is 148 Å². The zero-order chi connectivity index (χ0) is 18.4. The molecule has 0 radical (unpaired) electrons. The van der Waals surface area contributed by atoms with Crippen molar-refractivity contribution in [2.45, 2.75) is 33.6 Å². The molecule has 25 heavy (non-hydrogen) atoms. The molecule has 130 valence electrons. The second-order valence-electron chi connectivity index (χ2n) is 6.27. The number of carbonyl (C=O) groups excluding carboxylic acids is 2. The van der Waals surface area contributed by atoms with Gasteiger partial charge in [0.2, 0.25) is 0 Å². The molecule has 0 aliphatic rings. The van der Waals surface area contributed by atoms with Gasteiger partial charge in [0.05, 0.1) is 6.21 Å².